The van der Waals surface area contributed by atoms with Gasteiger partial charge in [0.05, 0.1) is 11.5 Å². The van der Waals surface area contributed by atoms with Crippen molar-refractivity contribution >= 4 is 39.9 Å². The summed E-state index contributed by atoms with van der Waals surface area (Å²) in [7, 11) is -2.93. The number of rotatable bonds is 4. The van der Waals surface area contributed by atoms with Crippen LogP contribution in [-0.4, -0.2) is 67.4 Å². The molecule has 0 aromatic carbocycles. The van der Waals surface area contributed by atoms with Gasteiger partial charge in [0.2, 0.25) is 5.91 Å². The van der Waals surface area contributed by atoms with Crippen LogP contribution in [0.15, 0.2) is 0 Å². The molecule has 2 atom stereocenters. The molecule has 0 aromatic heterocycles. The molecule has 2 aliphatic rings. The van der Waals surface area contributed by atoms with E-state index in [2.05, 4.69) is 5.32 Å². The van der Waals surface area contributed by atoms with Crippen molar-refractivity contribution in [3.05, 3.63) is 0 Å². The maximum atomic E-state index is 12.3. The Morgan fingerprint density at radius 2 is 2.20 bits per heavy atom. The van der Waals surface area contributed by atoms with Gasteiger partial charge < -0.3 is 10.2 Å². The van der Waals surface area contributed by atoms with E-state index in [0.717, 1.165) is 18.1 Å². The summed E-state index contributed by atoms with van der Waals surface area (Å²) < 4.78 is 23.0. The normalized spacial score (nSPS) is 28.6. The summed E-state index contributed by atoms with van der Waals surface area (Å²) in [6.07, 6.45) is 1.08. The first kappa shape index (κ1) is 18.1. The Balaban J connectivity index is 0.00000200. The molecule has 2 fully saturated rings. The van der Waals surface area contributed by atoms with Crippen LogP contribution in [-0.2, 0) is 14.6 Å². The van der Waals surface area contributed by atoms with Gasteiger partial charge in [-0.2, -0.15) is 11.8 Å². The molecule has 1 amide bonds. The van der Waals surface area contributed by atoms with E-state index < -0.39 is 9.84 Å². The zero-order valence-corrected chi connectivity index (χ0v) is 14.2. The molecule has 2 aliphatic heterocycles. The van der Waals surface area contributed by atoms with Gasteiger partial charge in [0.15, 0.2) is 9.84 Å². The average Bonchev–Trinajstić information content (AvgIpc) is 2.72. The molecule has 2 saturated heterocycles. The van der Waals surface area contributed by atoms with Crippen LogP contribution in [0.4, 0.5) is 0 Å². The minimum absolute atomic E-state index is 0. The van der Waals surface area contributed by atoms with Gasteiger partial charge in [0.1, 0.15) is 0 Å². The highest BCUT2D eigenvalue weighted by molar-refractivity contribution is 7.99. The van der Waals surface area contributed by atoms with Crippen molar-refractivity contribution in [3.63, 3.8) is 0 Å². The highest BCUT2D eigenvalue weighted by Gasteiger charge is 2.34. The Kier molecular flexibility index (Phi) is 7.11. The van der Waals surface area contributed by atoms with Crippen LogP contribution < -0.4 is 5.32 Å². The SMILES string of the molecule is CCN(C(=O)CC1CSCCN1)C1CCS(=O)(=O)C1.Cl. The van der Waals surface area contributed by atoms with Crippen molar-refractivity contribution < 1.29 is 13.2 Å². The second-order valence-electron chi connectivity index (χ2n) is 5.17. The lowest BCUT2D eigenvalue weighted by Crippen LogP contribution is -2.46. The molecule has 20 heavy (non-hydrogen) atoms. The van der Waals surface area contributed by atoms with Crippen molar-refractivity contribution in [3.8, 4) is 0 Å². The zero-order valence-electron chi connectivity index (χ0n) is 11.7. The first-order valence-corrected chi connectivity index (χ1v) is 9.80. The van der Waals surface area contributed by atoms with Gasteiger partial charge in [-0.1, -0.05) is 0 Å². The Labute approximate surface area is 131 Å². The summed E-state index contributed by atoms with van der Waals surface area (Å²) in [5.41, 5.74) is 0. The van der Waals surface area contributed by atoms with E-state index in [1.54, 1.807) is 4.90 Å². The second kappa shape index (κ2) is 7.87. The number of amides is 1. The van der Waals surface area contributed by atoms with Gasteiger partial charge in [0, 0.05) is 43.1 Å². The molecular weight excluding hydrogens is 320 g/mol. The molecule has 2 unspecified atom stereocenters. The maximum Gasteiger partial charge on any atom is 0.224 e. The minimum atomic E-state index is -2.93. The molecule has 0 radical (unpaired) electrons. The molecule has 0 bridgehead atoms. The third kappa shape index (κ3) is 4.79. The van der Waals surface area contributed by atoms with E-state index in [1.807, 2.05) is 18.7 Å². The fourth-order valence-electron chi connectivity index (χ4n) is 2.74. The molecular formula is C12H23ClN2O3S2. The van der Waals surface area contributed by atoms with Crippen LogP contribution in [0.1, 0.15) is 19.8 Å². The minimum Gasteiger partial charge on any atom is -0.339 e. The summed E-state index contributed by atoms with van der Waals surface area (Å²) in [6.45, 7) is 3.47. The molecule has 0 aliphatic carbocycles. The lowest BCUT2D eigenvalue weighted by atomic mass is 10.1. The van der Waals surface area contributed by atoms with E-state index in [-0.39, 0.29) is 41.9 Å². The van der Waals surface area contributed by atoms with E-state index >= 15 is 0 Å². The Bertz CT molecular complexity index is 424. The summed E-state index contributed by atoms with van der Waals surface area (Å²) >= 11 is 1.87. The number of nitrogens with one attached hydrogen (secondary N) is 1. The summed E-state index contributed by atoms with van der Waals surface area (Å²) in [4.78, 5) is 14.1. The van der Waals surface area contributed by atoms with Gasteiger partial charge in [-0.15, -0.1) is 12.4 Å². The van der Waals surface area contributed by atoms with Crippen LogP contribution in [0, 0.1) is 0 Å². The number of hydrogen-bond donors (Lipinski definition) is 1. The molecule has 1 N–H and O–H groups in total. The smallest absolute Gasteiger partial charge is 0.224 e. The molecule has 2 heterocycles. The van der Waals surface area contributed by atoms with E-state index in [4.69, 9.17) is 0 Å². The zero-order chi connectivity index (χ0) is 13.9. The predicted molar refractivity (Wildman–Crippen MR) is 85.4 cm³/mol. The van der Waals surface area contributed by atoms with E-state index in [9.17, 15) is 13.2 Å². The molecule has 0 saturated carbocycles. The monoisotopic (exact) mass is 342 g/mol. The number of nitrogens with zero attached hydrogens (tertiary/aromatic N) is 1. The molecule has 5 nitrogen and oxygen atoms in total. The van der Waals surface area contributed by atoms with Crippen LogP contribution in [0.5, 0.6) is 0 Å². The fourth-order valence-corrected chi connectivity index (χ4v) is 5.42. The van der Waals surface area contributed by atoms with Crippen molar-refractivity contribution in [2.75, 3.05) is 36.1 Å². The first-order valence-electron chi connectivity index (χ1n) is 6.83. The maximum absolute atomic E-state index is 12.3. The molecule has 8 heteroatoms. The standard InChI is InChI=1S/C12H22N2O3S2.ClH/c1-2-14(11-3-6-19(16,17)9-11)12(15)7-10-8-18-5-4-13-10;/h10-11,13H,2-9H2,1H3;1H. The summed E-state index contributed by atoms with van der Waals surface area (Å²) in [6, 6.07) is 0.122. The predicted octanol–water partition coefficient (Wildman–Crippen LogP) is 0.539. The van der Waals surface area contributed by atoms with Gasteiger partial charge in [0.25, 0.3) is 0 Å². The largest absolute Gasteiger partial charge is 0.339 e. The van der Waals surface area contributed by atoms with Gasteiger partial charge >= 0.3 is 0 Å². The average molecular weight is 343 g/mol. The first-order chi connectivity index (χ1) is 9.02. The van der Waals surface area contributed by atoms with Crippen molar-refractivity contribution in [1.82, 2.24) is 10.2 Å². The highest BCUT2D eigenvalue weighted by atomic mass is 35.5. The third-order valence-corrected chi connectivity index (χ3v) is 6.61. The van der Waals surface area contributed by atoms with Crippen LogP contribution in [0.2, 0.25) is 0 Å². The molecule has 0 aromatic rings. The number of carbonyl (C=O) groups is 1. The topological polar surface area (TPSA) is 66.5 Å². The summed E-state index contributed by atoms with van der Waals surface area (Å²) in [5.74, 6) is 2.51. The van der Waals surface area contributed by atoms with Gasteiger partial charge in [-0.25, -0.2) is 8.42 Å². The number of halogens is 1. The van der Waals surface area contributed by atoms with Crippen LogP contribution >= 0.6 is 24.2 Å². The molecule has 2 rings (SSSR count). The lowest BCUT2D eigenvalue weighted by Gasteiger charge is -2.30. The fraction of sp³-hybridized carbons (Fsp3) is 0.917. The van der Waals surface area contributed by atoms with Crippen molar-refractivity contribution in [1.29, 1.82) is 0 Å². The van der Waals surface area contributed by atoms with Gasteiger partial charge in [-0.3, -0.25) is 4.79 Å². The number of carbonyl (C=O) groups excluding carboxylic acids is 1. The lowest BCUT2D eigenvalue weighted by molar-refractivity contribution is -0.133. The number of hydrogen-bond acceptors (Lipinski definition) is 5. The van der Waals surface area contributed by atoms with E-state index in [0.29, 0.717) is 19.4 Å². The Morgan fingerprint density at radius 1 is 1.45 bits per heavy atom. The van der Waals surface area contributed by atoms with Crippen LogP contribution in [0.3, 0.4) is 0 Å². The number of sulfone groups is 1. The van der Waals surface area contributed by atoms with Gasteiger partial charge in [-0.05, 0) is 13.3 Å². The quantitative estimate of drug-likeness (QED) is 0.807. The molecule has 0 spiro atoms. The number of thioether (sulfide) groups is 1. The molecule has 118 valence electrons. The Hall–Kier alpha value is 0.0200. The van der Waals surface area contributed by atoms with E-state index in [1.165, 1.54) is 0 Å². The third-order valence-electron chi connectivity index (χ3n) is 3.73. The Morgan fingerprint density at radius 3 is 2.70 bits per heavy atom. The van der Waals surface area contributed by atoms with Crippen molar-refractivity contribution in [2.24, 2.45) is 0 Å². The summed E-state index contributed by atoms with van der Waals surface area (Å²) in [5, 5.41) is 3.35. The highest BCUT2D eigenvalue weighted by Crippen LogP contribution is 2.19. The van der Waals surface area contributed by atoms with Crippen LogP contribution in [0.25, 0.3) is 0 Å². The second-order valence-corrected chi connectivity index (χ2v) is 8.55. The van der Waals surface area contributed by atoms with Crippen molar-refractivity contribution in [2.45, 2.75) is 31.8 Å².